The molecule has 8 nitrogen and oxygen atoms in total. The Morgan fingerprint density at radius 1 is 1.12 bits per heavy atom. The summed E-state index contributed by atoms with van der Waals surface area (Å²) in [7, 11) is -3.99. The van der Waals surface area contributed by atoms with Crippen LogP contribution in [0.2, 0.25) is 10.0 Å². The maximum Gasteiger partial charge on any atom is 0.573 e. The molecule has 32 heavy (non-hydrogen) atoms. The highest BCUT2D eigenvalue weighted by Gasteiger charge is 2.32. The molecule has 1 aromatic heterocycles. The zero-order valence-electron chi connectivity index (χ0n) is 15.5. The fraction of sp³-hybridized carbons (Fsp3) is 0.118. The van der Waals surface area contributed by atoms with Crippen molar-refractivity contribution in [2.75, 3.05) is 4.72 Å². The van der Waals surface area contributed by atoms with E-state index in [9.17, 15) is 26.4 Å². The maximum atomic E-state index is 12.4. The van der Waals surface area contributed by atoms with Gasteiger partial charge in [-0.05, 0) is 35.9 Å². The normalized spacial score (nSPS) is 11.8. The third-order valence-electron chi connectivity index (χ3n) is 3.75. The highest BCUT2D eigenvalue weighted by Crippen LogP contribution is 2.31. The highest BCUT2D eigenvalue weighted by atomic mass is 35.5. The van der Waals surface area contributed by atoms with Crippen molar-refractivity contribution in [1.82, 2.24) is 14.7 Å². The predicted molar refractivity (Wildman–Crippen MR) is 111 cm³/mol. The highest BCUT2D eigenvalue weighted by molar-refractivity contribution is 7.93. The lowest BCUT2D eigenvalue weighted by atomic mass is 10.2. The Morgan fingerprint density at radius 3 is 2.47 bits per heavy atom. The van der Waals surface area contributed by atoms with Crippen LogP contribution in [0, 0.1) is 0 Å². The zero-order chi connectivity index (χ0) is 23.5. The summed E-state index contributed by atoms with van der Waals surface area (Å²) in [5.41, 5.74) is 0.388. The smallest absolute Gasteiger partial charge is 0.404 e. The van der Waals surface area contributed by atoms with Crippen LogP contribution >= 0.6 is 34.7 Å². The van der Waals surface area contributed by atoms with Crippen LogP contribution in [0.15, 0.2) is 47.6 Å². The van der Waals surface area contributed by atoms with Crippen molar-refractivity contribution in [2.24, 2.45) is 0 Å². The number of nitrogens with one attached hydrogen (secondary N) is 2. The molecule has 0 fully saturated rings. The number of hydrogen-bond acceptors (Lipinski definition) is 7. The Bertz CT molecular complexity index is 1240. The maximum absolute atomic E-state index is 12.4. The first-order valence-corrected chi connectivity index (χ1v) is 11.4. The first-order chi connectivity index (χ1) is 14.9. The Labute approximate surface area is 193 Å². The van der Waals surface area contributed by atoms with Crippen molar-refractivity contribution in [2.45, 2.75) is 17.8 Å². The SMILES string of the molecule is O=C(NCc1ccc(OC(F)(F)F)c(Cl)c1)c1ccc(S(=O)(=O)Nc2ncns2)cc1Cl. The summed E-state index contributed by atoms with van der Waals surface area (Å²) in [5, 5.41) is 2.16. The lowest BCUT2D eigenvalue weighted by molar-refractivity contribution is -0.274. The molecule has 0 aliphatic carbocycles. The molecule has 0 atom stereocenters. The monoisotopic (exact) mass is 526 g/mol. The Balaban J connectivity index is 1.67. The van der Waals surface area contributed by atoms with E-state index >= 15 is 0 Å². The lowest BCUT2D eigenvalue weighted by Gasteiger charge is -2.12. The summed E-state index contributed by atoms with van der Waals surface area (Å²) in [6, 6.07) is 7.03. The minimum atomic E-state index is -4.89. The number of carbonyl (C=O) groups is 1. The number of nitrogens with zero attached hydrogens (tertiary/aromatic N) is 2. The van der Waals surface area contributed by atoms with Crippen LogP contribution in [0.3, 0.4) is 0 Å². The van der Waals surface area contributed by atoms with E-state index in [2.05, 4.69) is 24.1 Å². The standard InChI is InChI=1S/C17H11Cl2F3N4O4S2/c18-12-6-10(32(28,29)26-16-24-8-25-31-16)2-3-11(12)15(27)23-7-9-1-4-14(13(19)5-9)30-17(20,21)22/h1-6,8H,7H2,(H,23,27)(H,24,25,26). The summed E-state index contributed by atoms with van der Waals surface area (Å²) < 4.78 is 71.3. The average molecular weight is 527 g/mol. The molecule has 0 spiro atoms. The molecule has 2 N–H and O–H groups in total. The van der Waals surface area contributed by atoms with E-state index in [1.165, 1.54) is 30.6 Å². The average Bonchev–Trinajstić information content (AvgIpc) is 3.19. The molecule has 2 aromatic carbocycles. The fourth-order valence-electron chi connectivity index (χ4n) is 2.38. The van der Waals surface area contributed by atoms with Crippen LogP contribution in [0.5, 0.6) is 5.75 Å². The van der Waals surface area contributed by atoms with E-state index in [0.29, 0.717) is 5.56 Å². The third-order valence-corrected chi connectivity index (χ3v) is 6.41. The molecule has 1 amide bonds. The molecule has 0 aliphatic rings. The number of carbonyl (C=O) groups excluding carboxylic acids is 1. The van der Waals surface area contributed by atoms with Gasteiger partial charge in [0.15, 0.2) is 0 Å². The van der Waals surface area contributed by atoms with E-state index in [1.807, 2.05) is 0 Å². The van der Waals surface area contributed by atoms with Gasteiger partial charge in [-0.1, -0.05) is 29.3 Å². The number of rotatable bonds is 7. The summed E-state index contributed by atoms with van der Waals surface area (Å²) in [4.78, 5) is 15.9. The molecule has 3 aromatic rings. The number of anilines is 1. The van der Waals surface area contributed by atoms with Crippen molar-refractivity contribution in [3.05, 3.63) is 63.9 Å². The molecular formula is C17H11Cl2F3N4O4S2. The molecule has 15 heteroatoms. The van der Waals surface area contributed by atoms with Crippen LogP contribution in [-0.2, 0) is 16.6 Å². The molecule has 0 saturated carbocycles. The van der Waals surface area contributed by atoms with Gasteiger partial charge in [0.25, 0.3) is 15.9 Å². The van der Waals surface area contributed by atoms with E-state index in [0.717, 1.165) is 23.7 Å². The fourth-order valence-corrected chi connectivity index (χ4v) is 4.64. The van der Waals surface area contributed by atoms with Gasteiger partial charge in [-0.25, -0.2) is 13.4 Å². The van der Waals surface area contributed by atoms with Crippen LogP contribution in [0.25, 0.3) is 0 Å². The number of amides is 1. The minimum absolute atomic E-state index is 0.00958. The van der Waals surface area contributed by atoms with Gasteiger partial charge < -0.3 is 10.1 Å². The summed E-state index contributed by atoms with van der Waals surface area (Å²) in [6.07, 6.45) is -3.70. The van der Waals surface area contributed by atoms with Crippen molar-refractivity contribution in [1.29, 1.82) is 0 Å². The Hall–Kier alpha value is -2.61. The van der Waals surface area contributed by atoms with E-state index in [4.69, 9.17) is 23.2 Å². The number of halogens is 5. The van der Waals surface area contributed by atoms with E-state index in [-0.39, 0.29) is 32.2 Å². The van der Waals surface area contributed by atoms with Crippen LogP contribution in [0.4, 0.5) is 18.3 Å². The molecule has 170 valence electrons. The lowest BCUT2D eigenvalue weighted by Crippen LogP contribution is -2.23. The van der Waals surface area contributed by atoms with Crippen molar-refractivity contribution in [3.63, 3.8) is 0 Å². The largest absolute Gasteiger partial charge is 0.573 e. The van der Waals surface area contributed by atoms with Crippen LogP contribution < -0.4 is 14.8 Å². The second kappa shape index (κ2) is 9.48. The molecule has 3 rings (SSSR count). The van der Waals surface area contributed by atoms with Gasteiger partial charge >= 0.3 is 6.36 Å². The molecule has 0 unspecified atom stereocenters. The number of ether oxygens (including phenoxy) is 1. The second-order valence-corrected chi connectivity index (χ2v) is 9.27. The molecule has 0 saturated heterocycles. The quantitative estimate of drug-likeness (QED) is 0.469. The summed E-state index contributed by atoms with van der Waals surface area (Å²) in [6.45, 7) is -0.0835. The number of benzene rings is 2. The number of hydrogen-bond donors (Lipinski definition) is 2. The first-order valence-electron chi connectivity index (χ1n) is 8.36. The van der Waals surface area contributed by atoms with Gasteiger partial charge in [0, 0.05) is 18.1 Å². The topological polar surface area (TPSA) is 110 Å². The van der Waals surface area contributed by atoms with Crippen molar-refractivity contribution < 1.29 is 31.1 Å². The molecular weight excluding hydrogens is 516 g/mol. The van der Waals surface area contributed by atoms with E-state index in [1.54, 1.807) is 0 Å². The molecule has 1 heterocycles. The van der Waals surface area contributed by atoms with Crippen molar-refractivity contribution >= 4 is 55.8 Å². The second-order valence-electron chi connectivity index (χ2n) is 5.99. The van der Waals surface area contributed by atoms with Gasteiger partial charge in [0.1, 0.15) is 12.1 Å². The number of sulfonamides is 1. The molecule has 0 aliphatic heterocycles. The predicted octanol–water partition coefficient (Wildman–Crippen LogP) is 4.47. The van der Waals surface area contributed by atoms with Gasteiger partial charge in [-0.15, -0.1) is 13.2 Å². The summed E-state index contributed by atoms with van der Waals surface area (Å²) in [5.74, 6) is -1.21. The Kier molecular flexibility index (Phi) is 7.12. The number of aromatic nitrogens is 2. The van der Waals surface area contributed by atoms with Gasteiger partial charge in [0.05, 0.1) is 20.5 Å². The zero-order valence-corrected chi connectivity index (χ0v) is 18.6. The van der Waals surface area contributed by atoms with Crippen molar-refractivity contribution in [3.8, 4) is 5.75 Å². The Morgan fingerprint density at radius 2 is 1.88 bits per heavy atom. The number of alkyl halides is 3. The minimum Gasteiger partial charge on any atom is -0.404 e. The molecule has 0 bridgehead atoms. The summed E-state index contributed by atoms with van der Waals surface area (Å²) >= 11 is 12.7. The van der Waals surface area contributed by atoms with E-state index < -0.39 is 28.0 Å². The van der Waals surface area contributed by atoms with Crippen LogP contribution in [-0.4, -0.2) is 30.0 Å². The third kappa shape index (κ3) is 6.22. The molecule has 0 radical (unpaired) electrons. The van der Waals surface area contributed by atoms with Crippen LogP contribution in [0.1, 0.15) is 15.9 Å². The first kappa shape index (κ1) is 24.0. The van der Waals surface area contributed by atoms with Gasteiger partial charge in [-0.3, -0.25) is 9.52 Å². The van der Waals surface area contributed by atoms with Gasteiger partial charge in [-0.2, -0.15) is 4.37 Å². The van der Waals surface area contributed by atoms with Gasteiger partial charge in [0.2, 0.25) is 5.13 Å².